The van der Waals surface area contributed by atoms with Gasteiger partial charge in [0, 0.05) is 12.6 Å². The van der Waals surface area contributed by atoms with Crippen LogP contribution >= 0.6 is 11.6 Å². The third-order valence-electron chi connectivity index (χ3n) is 9.50. The van der Waals surface area contributed by atoms with Crippen LogP contribution in [0.25, 0.3) is 0 Å². The first kappa shape index (κ1) is 46.5. The van der Waals surface area contributed by atoms with Crippen LogP contribution in [0, 0.1) is 35.5 Å². The van der Waals surface area contributed by atoms with Crippen molar-refractivity contribution < 1.29 is 46.5 Å². The Morgan fingerprint density at radius 2 is 1.52 bits per heavy atom. The van der Waals surface area contributed by atoms with Gasteiger partial charge in [-0.25, -0.2) is 9.48 Å². The number of alkyl halides is 3. The maximum absolute atomic E-state index is 12.7. The number of rotatable bonds is 13. The molecule has 1 aromatic heterocycles. The van der Waals surface area contributed by atoms with E-state index >= 15 is 0 Å². The summed E-state index contributed by atoms with van der Waals surface area (Å²) in [6.45, 7) is 11.0. The summed E-state index contributed by atoms with van der Waals surface area (Å²) in [5, 5.41) is 16.7. The van der Waals surface area contributed by atoms with E-state index < -0.39 is 46.1 Å². The van der Waals surface area contributed by atoms with Gasteiger partial charge in [0.15, 0.2) is 0 Å². The average molecular weight is 871 g/mol. The molecule has 15 heteroatoms. The van der Waals surface area contributed by atoms with E-state index in [0.717, 1.165) is 22.9 Å². The van der Waals surface area contributed by atoms with Crippen molar-refractivity contribution in [3.63, 3.8) is 0 Å². The van der Waals surface area contributed by atoms with Crippen LogP contribution in [0.2, 0.25) is 0 Å². The molecule has 0 bridgehead atoms. The molecule has 0 saturated heterocycles. The van der Waals surface area contributed by atoms with Gasteiger partial charge in [0.05, 0.1) is 29.0 Å². The van der Waals surface area contributed by atoms with Crippen molar-refractivity contribution in [1.29, 1.82) is 5.26 Å². The number of halogens is 4. The van der Waals surface area contributed by atoms with Gasteiger partial charge in [-0.15, -0.1) is 0 Å². The van der Waals surface area contributed by atoms with Crippen LogP contribution in [0.1, 0.15) is 73.5 Å². The lowest BCUT2D eigenvalue weighted by Crippen LogP contribution is -2.23. The number of hydrogen-bond donors (Lipinski definition) is 0. The Morgan fingerprint density at radius 1 is 0.919 bits per heavy atom. The highest BCUT2D eigenvalue weighted by molar-refractivity contribution is 6.30. The summed E-state index contributed by atoms with van der Waals surface area (Å²) in [6, 6.07) is 34.0. The van der Waals surface area contributed by atoms with Gasteiger partial charge in [0.1, 0.15) is 40.6 Å². The van der Waals surface area contributed by atoms with Crippen LogP contribution in [-0.4, -0.2) is 39.7 Å². The minimum absolute atomic E-state index is 0.263. The predicted molar refractivity (Wildman–Crippen MR) is 227 cm³/mol. The van der Waals surface area contributed by atoms with E-state index in [4.69, 9.17) is 35.4 Å². The minimum Gasteiger partial charge on any atom is -0.457 e. The monoisotopic (exact) mass is 870 g/mol. The van der Waals surface area contributed by atoms with Crippen molar-refractivity contribution in [3.8, 4) is 29.2 Å². The molecule has 1 unspecified atom stereocenters. The number of hydrogen-bond acceptors (Lipinski definition) is 10. The molecule has 1 fully saturated rings. The van der Waals surface area contributed by atoms with Crippen molar-refractivity contribution >= 4 is 29.8 Å². The Bertz CT molecular complexity index is 2420. The Morgan fingerprint density at radius 3 is 2.10 bits per heavy atom. The molecule has 0 spiro atoms. The molecule has 0 radical (unpaired) electrons. The summed E-state index contributed by atoms with van der Waals surface area (Å²) in [5.74, 6) is -0.325. The zero-order chi connectivity index (χ0) is 45.2. The van der Waals surface area contributed by atoms with Crippen molar-refractivity contribution in [2.75, 3.05) is 0 Å². The van der Waals surface area contributed by atoms with Gasteiger partial charge in [-0.05, 0) is 93.1 Å². The van der Waals surface area contributed by atoms with Gasteiger partial charge >= 0.3 is 18.1 Å². The number of para-hydroxylation sites is 2. The molecule has 1 aliphatic rings. The fourth-order valence-electron chi connectivity index (χ4n) is 6.21. The highest BCUT2D eigenvalue weighted by Gasteiger charge is 2.62. The summed E-state index contributed by atoms with van der Waals surface area (Å²) < 4.78 is 62.2. The summed E-state index contributed by atoms with van der Waals surface area (Å²) in [6.07, 6.45) is -3.48. The first-order valence-corrected chi connectivity index (χ1v) is 19.8. The molecule has 1 heterocycles. The van der Waals surface area contributed by atoms with E-state index in [9.17, 15) is 28.0 Å². The maximum Gasteiger partial charge on any atom is 0.426 e. The van der Waals surface area contributed by atoms with Gasteiger partial charge in [-0.2, -0.15) is 23.5 Å². The van der Waals surface area contributed by atoms with E-state index in [1.54, 1.807) is 73.3 Å². The molecule has 0 aliphatic heterocycles. The molecule has 0 N–H and O–H groups in total. The second-order valence-electron chi connectivity index (χ2n) is 15.8. The Balaban J connectivity index is 0.000000234. The predicted octanol–water partition coefficient (Wildman–Crippen LogP) is 11.6. The fraction of sp³-hybridized carbons (Fsp3) is 0.298. The number of allylic oxidation sites excluding steroid dienone is 2. The van der Waals surface area contributed by atoms with Gasteiger partial charge < -0.3 is 23.8 Å². The van der Waals surface area contributed by atoms with Gasteiger partial charge in [0.25, 0.3) is 0 Å². The van der Waals surface area contributed by atoms with Crippen molar-refractivity contribution in [2.24, 2.45) is 29.5 Å². The largest absolute Gasteiger partial charge is 0.457 e. The van der Waals surface area contributed by atoms with Crippen LogP contribution in [0.4, 0.5) is 13.2 Å². The molecule has 62 heavy (non-hydrogen) atoms. The zero-order valence-electron chi connectivity index (χ0n) is 35.1. The molecule has 3 atom stereocenters. The first-order chi connectivity index (χ1) is 29.3. The number of benzene rings is 4. The number of carbonyl (C=O) groups is 2. The highest BCUT2D eigenvalue weighted by atomic mass is 35.5. The van der Waals surface area contributed by atoms with E-state index in [2.05, 4.69) is 10.3 Å². The second kappa shape index (κ2) is 19.9. The molecule has 0 amide bonds. The van der Waals surface area contributed by atoms with Gasteiger partial charge in [-0.1, -0.05) is 97.3 Å². The van der Waals surface area contributed by atoms with E-state index in [0.29, 0.717) is 34.3 Å². The van der Waals surface area contributed by atoms with Gasteiger partial charge in [0.2, 0.25) is 12.0 Å². The summed E-state index contributed by atoms with van der Waals surface area (Å²) in [7, 11) is 1.82. The molecule has 324 valence electrons. The number of ether oxygens (including phenoxy) is 4. The topological polar surface area (TPSA) is 134 Å². The molecular weight excluding hydrogens is 825 g/mol. The molecule has 1 aliphatic carbocycles. The van der Waals surface area contributed by atoms with Crippen LogP contribution in [0.5, 0.6) is 23.1 Å². The second-order valence-corrected chi connectivity index (χ2v) is 16.2. The molecular formula is C47H46ClF3N4O7. The van der Waals surface area contributed by atoms with Crippen LogP contribution in [0.3, 0.4) is 0 Å². The van der Waals surface area contributed by atoms with Crippen LogP contribution < -0.4 is 9.47 Å². The lowest BCUT2D eigenvalue weighted by Gasteiger charge is -2.19. The van der Waals surface area contributed by atoms with E-state index in [1.807, 2.05) is 101 Å². The summed E-state index contributed by atoms with van der Waals surface area (Å²) >= 11 is 5.32. The maximum atomic E-state index is 12.7. The Hall–Kier alpha value is -6.59. The number of carbonyl (C=O) groups excluding carboxylic acids is 2. The highest BCUT2D eigenvalue weighted by Crippen LogP contribution is 2.60. The number of esters is 2. The lowest BCUT2D eigenvalue weighted by molar-refractivity contribution is -0.149. The van der Waals surface area contributed by atoms with Crippen molar-refractivity contribution in [2.45, 2.75) is 66.0 Å². The number of oxime groups is 1. The number of aromatic nitrogens is 2. The number of aryl methyl sites for hydroxylation is 2. The molecule has 6 rings (SSSR count). The first-order valence-electron chi connectivity index (χ1n) is 19.4. The van der Waals surface area contributed by atoms with E-state index in [1.165, 1.54) is 0 Å². The lowest BCUT2D eigenvalue weighted by atomic mass is 10.1. The average Bonchev–Trinajstić information content (AvgIpc) is 3.66. The quantitative estimate of drug-likeness (QED) is 0.0644. The SMILES string of the molecule is CC1(C)[C@H](C(=O)OC(C#N)c2cccc(Oc3ccccc3)c2)[C@@H]1/C=C(\Cl)C(F)(F)F.Cc1nn(C)c(Oc2ccccc2)c1/C=N/OCc1ccc(C(=O)OC(C)(C)C)cc1. The zero-order valence-corrected chi connectivity index (χ0v) is 35.9. The Labute approximate surface area is 363 Å². The molecule has 5 aromatic rings. The minimum atomic E-state index is -4.68. The van der Waals surface area contributed by atoms with Crippen LogP contribution in [0.15, 0.2) is 125 Å². The normalized spacial score (nSPS) is 16.3. The van der Waals surface area contributed by atoms with Crippen LogP contribution in [-0.2, 0) is 32.8 Å². The smallest absolute Gasteiger partial charge is 0.426 e. The number of nitriles is 1. The summed E-state index contributed by atoms with van der Waals surface area (Å²) in [4.78, 5) is 30.1. The molecule has 11 nitrogen and oxygen atoms in total. The Kier molecular flexibility index (Phi) is 14.9. The standard InChI is InChI=1S/C24H27N3O4.C23H19ClF3NO3/c1-17-21(22(27(5)26-17)30-20-9-7-6-8-10-20)15-25-29-16-18-11-13-19(14-12-18)23(28)31-24(2,3)4;1-22(2)17(12-19(24)23(25,26)27)20(22)21(29)31-18(13-28)14-7-6-10-16(11-14)30-15-8-4-3-5-9-15/h6-15H,16H2,1-5H3;3-12,17-18,20H,1-2H3/b25-15+;19-12-/t;17-,18?,20-/m.0/s1. The van der Waals surface area contributed by atoms with Gasteiger partial charge in [-0.3, -0.25) is 4.79 Å². The van der Waals surface area contributed by atoms with Crippen molar-refractivity contribution in [3.05, 3.63) is 148 Å². The third kappa shape index (κ3) is 12.7. The fourth-order valence-corrected chi connectivity index (χ4v) is 6.35. The number of nitrogens with zero attached hydrogens (tertiary/aromatic N) is 4. The summed E-state index contributed by atoms with van der Waals surface area (Å²) in [5.41, 5.74) is 2.00. The van der Waals surface area contributed by atoms with Crippen molar-refractivity contribution in [1.82, 2.24) is 9.78 Å². The molecule has 1 saturated carbocycles. The third-order valence-corrected chi connectivity index (χ3v) is 9.84. The van der Waals surface area contributed by atoms with E-state index in [-0.39, 0.29) is 12.6 Å². The molecule has 4 aromatic carbocycles.